The first-order valence-corrected chi connectivity index (χ1v) is 12.2. The Labute approximate surface area is 197 Å². The Balaban J connectivity index is 1.48. The fourth-order valence-corrected chi connectivity index (χ4v) is 4.49. The van der Waals surface area contributed by atoms with Gasteiger partial charge >= 0.3 is 0 Å². The minimum atomic E-state index is -0.240. The van der Waals surface area contributed by atoms with Gasteiger partial charge in [-0.15, -0.1) is 11.3 Å². The molecule has 4 rings (SSSR count). The van der Waals surface area contributed by atoms with Crippen molar-refractivity contribution >= 4 is 33.9 Å². The van der Waals surface area contributed by atoms with Crippen LogP contribution in [0, 0.1) is 0 Å². The predicted octanol–water partition coefficient (Wildman–Crippen LogP) is 5.43. The molecule has 3 heterocycles. The molecule has 2 N–H and O–H groups in total. The molecule has 7 nitrogen and oxygen atoms in total. The third-order valence-electron chi connectivity index (χ3n) is 5.93. The van der Waals surface area contributed by atoms with Crippen LogP contribution in [0.2, 0.25) is 0 Å². The second-order valence-corrected chi connectivity index (χ2v) is 9.15. The smallest absolute Gasteiger partial charge is 0.263 e. The Morgan fingerprint density at radius 3 is 2.85 bits per heavy atom. The van der Waals surface area contributed by atoms with Crippen LogP contribution in [0.25, 0.3) is 22.2 Å². The Morgan fingerprint density at radius 2 is 2.06 bits per heavy atom. The summed E-state index contributed by atoms with van der Waals surface area (Å²) in [5, 5.41) is 4.28. The van der Waals surface area contributed by atoms with Crippen molar-refractivity contribution in [3.8, 4) is 11.3 Å². The second kappa shape index (κ2) is 10.6. The van der Waals surface area contributed by atoms with Crippen molar-refractivity contribution in [2.75, 3.05) is 0 Å². The molecule has 0 bridgehead atoms. The van der Waals surface area contributed by atoms with Crippen molar-refractivity contribution in [2.24, 2.45) is 7.05 Å². The number of amides is 1. The summed E-state index contributed by atoms with van der Waals surface area (Å²) < 4.78 is 2.09. The number of fused-ring (bicyclic) bond motifs is 1. The first kappa shape index (κ1) is 22.9. The highest BCUT2D eigenvalue weighted by atomic mass is 32.1. The summed E-state index contributed by atoms with van der Waals surface area (Å²) >= 11 is 1.32. The lowest BCUT2D eigenvalue weighted by Crippen LogP contribution is -2.28. The molecule has 0 aliphatic carbocycles. The lowest BCUT2D eigenvalue weighted by atomic mass is 10.0. The molecule has 1 amide bonds. The molecule has 0 radical (unpaired) electrons. The lowest BCUT2D eigenvalue weighted by Gasteiger charge is -2.16. The van der Waals surface area contributed by atoms with Gasteiger partial charge < -0.3 is 14.9 Å². The van der Waals surface area contributed by atoms with Gasteiger partial charge in [0.1, 0.15) is 16.5 Å². The number of Topliss-reactive ketones (excluding diaryl/α,β-unsaturated/α-hetero) is 1. The van der Waals surface area contributed by atoms with Gasteiger partial charge in [0.2, 0.25) is 0 Å². The minimum Gasteiger partial charge on any atom is -0.351 e. The van der Waals surface area contributed by atoms with E-state index >= 15 is 0 Å². The molecule has 1 aromatic carbocycles. The van der Waals surface area contributed by atoms with Crippen molar-refractivity contribution in [1.82, 2.24) is 24.8 Å². The summed E-state index contributed by atoms with van der Waals surface area (Å²) in [4.78, 5) is 36.9. The number of unbranched alkanes of at least 4 members (excludes halogenated alkanes) is 2. The zero-order valence-corrected chi connectivity index (χ0v) is 19.8. The van der Waals surface area contributed by atoms with E-state index < -0.39 is 0 Å². The number of nitrogens with one attached hydrogen (secondary N) is 2. The number of thiazole rings is 1. The van der Waals surface area contributed by atoms with Crippen molar-refractivity contribution in [2.45, 2.75) is 51.5 Å². The van der Waals surface area contributed by atoms with Gasteiger partial charge in [0.25, 0.3) is 5.91 Å². The molecule has 33 heavy (non-hydrogen) atoms. The normalized spacial score (nSPS) is 12.2. The number of H-pyrrole nitrogens is 1. The summed E-state index contributed by atoms with van der Waals surface area (Å²) in [7, 11) is 2.03. The maximum Gasteiger partial charge on any atom is 0.263 e. The quantitative estimate of drug-likeness (QED) is 0.290. The molecule has 0 aliphatic heterocycles. The largest absolute Gasteiger partial charge is 0.351 e. The zero-order valence-electron chi connectivity index (χ0n) is 19.0. The fraction of sp³-hybridized carbons (Fsp3) is 0.360. The van der Waals surface area contributed by atoms with Gasteiger partial charge in [-0.2, -0.15) is 0 Å². The first-order chi connectivity index (χ1) is 16.0. The molecule has 3 aromatic heterocycles. The number of hydrogen-bond donors (Lipinski definition) is 2. The number of aryl methyl sites for hydroxylation is 1. The Hall–Kier alpha value is -3.26. The molecule has 0 saturated carbocycles. The summed E-state index contributed by atoms with van der Waals surface area (Å²) in [6.45, 7) is 1.90. The van der Waals surface area contributed by atoms with Crippen LogP contribution in [0.4, 0.5) is 0 Å². The SMILES string of the molecule is CCC(=O)CCCCC[C@H](NC(=O)c1cncs1)c1ncc(-c2ccc3c(ccn3C)c2)[nH]1. The average Bonchev–Trinajstić information content (AvgIpc) is 3.59. The van der Waals surface area contributed by atoms with Crippen molar-refractivity contribution in [3.63, 3.8) is 0 Å². The first-order valence-electron chi connectivity index (χ1n) is 11.4. The van der Waals surface area contributed by atoms with Crippen LogP contribution in [0.1, 0.15) is 67.0 Å². The van der Waals surface area contributed by atoms with Crippen molar-refractivity contribution < 1.29 is 9.59 Å². The predicted molar refractivity (Wildman–Crippen MR) is 131 cm³/mol. The number of rotatable bonds is 11. The van der Waals surface area contributed by atoms with Crippen LogP contribution in [0.5, 0.6) is 0 Å². The van der Waals surface area contributed by atoms with E-state index in [0.29, 0.717) is 23.5 Å². The lowest BCUT2D eigenvalue weighted by molar-refractivity contribution is -0.118. The summed E-state index contributed by atoms with van der Waals surface area (Å²) in [6.07, 6.45) is 10.1. The number of ketones is 1. The highest BCUT2D eigenvalue weighted by molar-refractivity contribution is 7.11. The van der Waals surface area contributed by atoms with E-state index in [1.54, 1.807) is 11.7 Å². The van der Waals surface area contributed by atoms with Crippen molar-refractivity contribution in [3.05, 3.63) is 59.1 Å². The van der Waals surface area contributed by atoms with Crippen LogP contribution in [0.3, 0.4) is 0 Å². The van der Waals surface area contributed by atoms with Gasteiger partial charge in [0.15, 0.2) is 0 Å². The molecule has 0 aliphatic rings. The van der Waals surface area contributed by atoms with Gasteiger partial charge in [-0.1, -0.05) is 25.8 Å². The fourth-order valence-electron chi connectivity index (χ4n) is 3.97. The highest BCUT2D eigenvalue weighted by Crippen LogP contribution is 2.26. The molecular formula is C25H29N5O2S. The molecular weight excluding hydrogens is 434 g/mol. The minimum absolute atomic E-state index is 0.146. The summed E-state index contributed by atoms with van der Waals surface area (Å²) in [5.41, 5.74) is 4.80. The van der Waals surface area contributed by atoms with E-state index in [1.165, 1.54) is 22.2 Å². The molecule has 0 unspecified atom stereocenters. The summed E-state index contributed by atoms with van der Waals surface area (Å²) in [6, 6.07) is 8.18. The highest BCUT2D eigenvalue weighted by Gasteiger charge is 2.20. The monoisotopic (exact) mass is 463 g/mol. The number of benzene rings is 1. The van der Waals surface area contributed by atoms with E-state index in [-0.39, 0.29) is 11.9 Å². The molecule has 0 fully saturated rings. The average molecular weight is 464 g/mol. The second-order valence-electron chi connectivity index (χ2n) is 8.27. The number of carbonyl (C=O) groups excluding carboxylic acids is 2. The third-order valence-corrected chi connectivity index (χ3v) is 6.70. The molecule has 1 atom stereocenters. The standard InChI is InChI=1S/C25H29N5O2S/c1-3-19(31)7-5-4-6-8-20(29-25(32)23-15-26-16-33-23)24-27-14-21(28-24)17-9-10-22-18(13-17)11-12-30(22)2/h9-16,20H,3-8H2,1-2H3,(H,27,28)(H,29,32)/t20-/m0/s1. The maximum absolute atomic E-state index is 12.7. The Kier molecular flexibility index (Phi) is 7.34. The number of aromatic amines is 1. The van der Waals surface area contributed by atoms with E-state index in [0.717, 1.165) is 42.8 Å². The van der Waals surface area contributed by atoms with Crippen LogP contribution < -0.4 is 5.32 Å². The summed E-state index contributed by atoms with van der Waals surface area (Å²) in [5.74, 6) is 0.893. The number of aromatic nitrogens is 4. The van der Waals surface area contributed by atoms with E-state index in [1.807, 2.05) is 26.4 Å². The Bertz CT molecular complexity index is 1220. The Morgan fingerprint density at radius 1 is 1.18 bits per heavy atom. The van der Waals surface area contributed by atoms with E-state index in [4.69, 9.17) is 0 Å². The van der Waals surface area contributed by atoms with Gasteiger partial charge in [0.05, 0.1) is 29.6 Å². The molecule has 4 aromatic rings. The number of nitrogens with zero attached hydrogens (tertiary/aromatic N) is 3. The number of carbonyl (C=O) groups is 2. The number of hydrogen-bond acceptors (Lipinski definition) is 5. The zero-order chi connectivity index (χ0) is 23.2. The van der Waals surface area contributed by atoms with Gasteiger partial charge in [-0.05, 0) is 31.0 Å². The van der Waals surface area contributed by atoms with Crippen LogP contribution in [-0.2, 0) is 11.8 Å². The van der Waals surface area contributed by atoms with Crippen molar-refractivity contribution in [1.29, 1.82) is 0 Å². The molecule has 8 heteroatoms. The van der Waals surface area contributed by atoms with E-state index in [9.17, 15) is 9.59 Å². The maximum atomic E-state index is 12.7. The van der Waals surface area contributed by atoms with Gasteiger partial charge in [-0.3, -0.25) is 14.6 Å². The topological polar surface area (TPSA) is 92.7 Å². The number of imidazole rings is 1. The van der Waals surface area contributed by atoms with Crippen LogP contribution in [-0.4, -0.2) is 31.2 Å². The van der Waals surface area contributed by atoms with Crippen LogP contribution >= 0.6 is 11.3 Å². The molecule has 172 valence electrons. The van der Waals surface area contributed by atoms with Gasteiger partial charge in [-0.25, -0.2) is 4.98 Å². The van der Waals surface area contributed by atoms with E-state index in [2.05, 4.69) is 49.1 Å². The molecule has 0 spiro atoms. The third kappa shape index (κ3) is 5.57. The van der Waals surface area contributed by atoms with Gasteiger partial charge in [0, 0.05) is 42.6 Å². The van der Waals surface area contributed by atoms with Crippen LogP contribution in [0.15, 0.2) is 48.4 Å². The molecule has 0 saturated heterocycles.